The van der Waals surface area contributed by atoms with Crippen LogP contribution in [0.2, 0.25) is 0 Å². The minimum atomic E-state index is -0.295. The quantitative estimate of drug-likeness (QED) is 0.839. The zero-order chi connectivity index (χ0) is 19.4. The lowest BCUT2D eigenvalue weighted by Crippen LogP contribution is -2.28. The average Bonchev–Trinajstić information content (AvgIpc) is 3.02. The maximum atomic E-state index is 12.9. The molecule has 27 heavy (non-hydrogen) atoms. The zero-order valence-electron chi connectivity index (χ0n) is 16.4. The molecule has 0 bridgehead atoms. The number of hydrogen-bond donors (Lipinski definition) is 1. The molecule has 1 unspecified atom stereocenters. The van der Waals surface area contributed by atoms with Gasteiger partial charge in [-0.25, -0.2) is 0 Å². The molecule has 1 atom stereocenters. The summed E-state index contributed by atoms with van der Waals surface area (Å²) < 4.78 is 0. The molecule has 1 N–H and O–H groups in total. The monoisotopic (exact) mass is 364 g/mol. The van der Waals surface area contributed by atoms with Crippen LogP contribution in [0.3, 0.4) is 0 Å². The number of nitrogens with one attached hydrogen (secondary N) is 1. The van der Waals surface area contributed by atoms with Crippen molar-refractivity contribution in [1.29, 1.82) is 0 Å². The second-order valence-corrected chi connectivity index (χ2v) is 7.31. The van der Waals surface area contributed by atoms with Crippen molar-refractivity contribution >= 4 is 17.5 Å². The minimum Gasteiger partial charge on any atom is -0.338 e. The van der Waals surface area contributed by atoms with Gasteiger partial charge in [0.25, 0.3) is 0 Å². The minimum absolute atomic E-state index is 0.0503. The molecule has 4 heteroatoms. The van der Waals surface area contributed by atoms with Crippen molar-refractivity contribution < 1.29 is 9.59 Å². The summed E-state index contributed by atoms with van der Waals surface area (Å²) in [5, 5.41) is 3.12. The lowest BCUT2D eigenvalue weighted by molar-refractivity contribution is -0.128. The normalized spacial score (nSPS) is 16.6. The van der Waals surface area contributed by atoms with Gasteiger partial charge in [0.15, 0.2) is 0 Å². The van der Waals surface area contributed by atoms with Crippen LogP contribution < -0.4 is 5.32 Å². The number of rotatable bonds is 6. The summed E-state index contributed by atoms with van der Waals surface area (Å²) in [5.41, 5.74) is 5.50. The fourth-order valence-corrected chi connectivity index (χ4v) is 3.76. The number of benzene rings is 2. The fourth-order valence-electron chi connectivity index (χ4n) is 3.76. The fraction of sp³-hybridized carbons (Fsp3) is 0.391. The van der Waals surface area contributed by atoms with E-state index in [0.29, 0.717) is 13.1 Å². The SMILES string of the molecule is CCc1cccc(CC)c1NC(=O)C1CC(=O)N(Cc2cccc(C)c2)C1. The molecule has 0 saturated carbocycles. The van der Waals surface area contributed by atoms with Gasteiger partial charge in [0.2, 0.25) is 11.8 Å². The van der Waals surface area contributed by atoms with E-state index >= 15 is 0 Å². The molecule has 1 aliphatic heterocycles. The Balaban J connectivity index is 1.69. The van der Waals surface area contributed by atoms with Gasteiger partial charge in [0.1, 0.15) is 0 Å². The molecule has 2 aromatic carbocycles. The topological polar surface area (TPSA) is 49.4 Å². The van der Waals surface area contributed by atoms with Crippen LogP contribution in [0.5, 0.6) is 0 Å². The Morgan fingerprint density at radius 2 is 1.78 bits per heavy atom. The van der Waals surface area contributed by atoms with Crippen LogP contribution in [0.4, 0.5) is 5.69 Å². The van der Waals surface area contributed by atoms with Crippen LogP contribution in [0.1, 0.15) is 42.5 Å². The first-order chi connectivity index (χ1) is 13.0. The Labute approximate surface area is 161 Å². The number of nitrogens with zero attached hydrogens (tertiary/aromatic N) is 1. The highest BCUT2D eigenvalue weighted by Crippen LogP contribution is 2.26. The number of carbonyl (C=O) groups excluding carboxylic acids is 2. The van der Waals surface area contributed by atoms with E-state index in [0.717, 1.165) is 35.2 Å². The third-order valence-electron chi connectivity index (χ3n) is 5.29. The third-order valence-corrected chi connectivity index (χ3v) is 5.29. The molecule has 4 nitrogen and oxygen atoms in total. The highest BCUT2D eigenvalue weighted by Gasteiger charge is 2.34. The number of likely N-dealkylation sites (tertiary alicyclic amines) is 1. The number of para-hydroxylation sites is 1. The first-order valence-electron chi connectivity index (χ1n) is 9.76. The summed E-state index contributed by atoms with van der Waals surface area (Å²) >= 11 is 0. The number of amides is 2. The number of aryl methyl sites for hydroxylation is 3. The van der Waals surface area contributed by atoms with Crippen LogP contribution in [0, 0.1) is 12.8 Å². The van der Waals surface area contributed by atoms with Crippen LogP contribution in [-0.2, 0) is 29.0 Å². The number of anilines is 1. The highest BCUT2D eigenvalue weighted by atomic mass is 16.2. The van der Waals surface area contributed by atoms with Gasteiger partial charge in [-0.15, -0.1) is 0 Å². The van der Waals surface area contributed by atoms with E-state index in [1.807, 2.05) is 31.2 Å². The molecule has 0 radical (unpaired) electrons. The molecule has 0 spiro atoms. The summed E-state index contributed by atoms with van der Waals surface area (Å²) in [5.74, 6) is -0.293. The van der Waals surface area contributed by atoms with Gasteiger partial charge < -0.3 is 10.2 Å². The number of hydrogen-bond acceptors (Lipinski definition) is 2. The molecule has 2 aromatic rings. The lowest BCUT2D eigenvalue weighted by atomic mass is 10.0. The zero-order valence-corrected chi connectivity index (χ0v) is 16.4. The van der Waals surface area contributed by atoms with E-state index in [9.17, 15) is 9.59 Å². The molecular formula is C23H28N2O2. The van der Waals surface area contributed by atoms with E-state index in [-0.39, 0.29) is 24.2 Å². The Bertz CT molecular complexity index is 822. The van der Waals surface area contributed by atoms with Gasteiger partial charge in [-0.2, -0.15) is 0 Å². The Morgan fingerprint density at radius 1 is 1.11 bits per heavy atom. The Morgan fingerprint density at radius 3 is 2.41 bits per heavy atom. The standard InChI is InChI=1S/C23H28N2O2/c1-4-18-10-7-11-19(5-2)22(18)24-23(27)20-13-21(26)25(15-20)14-17-9-6-8-16(3)12-17/h6-12,20H,4-5,13-15H2,1-3H3,(H,24,27). The molecular weight excluding hydrogens is 336 g/mol. The molecule has 0 aliphatic carbocycles. The highest BCUT2D eigenvalue weighted by molar-refractivity contribution is 5.98. The van der Waals surface area contributed by atoms with Crippen molar-refractivity contribution in [1.82, 2.24) is 4.90 Å². The molecule has 1 heterocycles. The predicted octanol–water partition coefficient (Wildman–Crippen LogP) is 4.11. The average molecular weight is 364 g/mol. The smallest absolute Gasteiger partial charge is 0.229 e. The van der Waals surface area contributed by atoms with Crippen molar-refractivity contribution in [3.8, 4) is 0 Å². The van der Waals surface area contributed by atoms with Crippen molar-refractivity contribution in [3.05, 3.63) is 64.7 Å². The lowest BCUT2D eigenvalue weighted by Gasteiger charge is -2.18. The summed E-state index contributed by atoms with van der Waals surface area (Å²) in [6.07, 6.45) is 2.02. The molecule has 3 rings (SSSR count). The van der Waals surface area contributed by atoms with Gasteiger partial charge in [-0.1, -0.05) is 61.9 Å². The molecule has 1 fully saturated rings. The predicted molar refractivity (Wildman–Crippen MR) is 109 cm³/mol. The van der Waals surface area contributed by atoms with Crippen molar-refractivity contribution in [2.45, 2.75) is 46.6 Å². The third kappa shape index (κ3) is 4.38. The number of carbonyl (C=O) groups is 2. The van der Waals surface area contributed by atoms with E-state index in [2.05, 4.69) is 37.4 Å². The van der Waals surface area contributed by atoms with Crippen molar-refractivity contribution in [3.63, 3.8) is 0 Å². The first-order valence-corrected chi connectivity index (χ1v) is 9.76. The van der Waals surface area contributed by atoms with Gasteiger partial charge in [0, 0.05) is 25.2 Å². The molecule has 2 amide bonds. The maximum Gasteiger partial charge on any atom is 0.229 e. The van der Waals surface area contributed by atoms with Crippen molar-refractivity contribution in [2.24, 2.45) is 5.92 Å². The van der Waals surface area contributed by atoms with Gasteiger partial charge in [-0.3, -0.25) is 9.59 Å². The van der Waals surface area contributed by atoms with Gasteiger partial charge in [0.05, 0.1) is 5.92 Å². The first kappa shape index (κ1) is 19.2. The summed E-state index contributed by atoms with van der Waals surface area (Å²) in [4.78, 5) is 27.1. The van der Waals surface area contributed by atoms with E-state index in [4.69, 9.17) is 0 Å². The van der Waals surface area contributed by atoms with E-state index < -0.39 is 0 Å². The summed E-state index contributed by atoms with van der Waals surface area (Å²) in [6.45, 7) is 7.27. The van der Waals surface area contributed by atoms with Gasteiger partial charge in [-0.05, 0) is 36.5 Å². The second kappa shape index (κ2) is 8.38. The van der Waals surface area contributed by atoms with Crippen LogP contribution in [0.25, 0.3) is 0 Å². The van der Waals surface area contributed by atoms with E-state index in [1.54, 1.807) is 4.90 Å². The maximum absolute atomic E-state index is 12.9. The summed E-state index contributed by atoms with van der Waals surface area (Å²) in [7, 11) is 0. The molecule has 1 aliphatic rings. The largest absolute Gasteiger partial charge is 0.338 e. The van der Waals surface area contributed by atoms with Crippen LogP contribution >= 0.6 is 0 Å². The Kier molecular flexibility index (Phi) is 5.94. The molecule has 0 aromatic heterocycles. The second-order valence-electron chi connectivity index (χ2n) is 7.31. The summed E-state index contributed by atoms with van der Waals surface area (Å²) in [6, 6.07) is 14.3. The Hall–Kier alpha value is -2.62. The van der Waals surface area contributed by atoms with Crippen LogP contribution in [0.15, 0.2) is 42.5 Å². The molecule has 1 saturated heterocycles. The molecule has 142 valence electrons. The van der Waals surface area contributed by atoms with Crippen LogP contribution in [-0.4, -0.2) is 23.3 Å². The van der Waals surface area contributed by atoms with Gasteiger partial charge >= 0.3 is 0 Å². The van der Waals surface area contributed by atoms with Crippen molar-refractivity contribution in [2.75, 3.05) is 11.9 Å². The van der Waals surface area contributed by atoms with E-state index in [1.165, 1.54) is 5.56 Å².